The quantitative estimate of drug-likeness (QED) is 0.831. The minimum atomic E-state index is -0.297. The van der Waals surface area contributed by atoms with E-state index in [4.69, 9.17) is 9.57 Å². The van der Waals surface area contributed by atoms with Crippen molar-refractivity contribution in [1.29, 1.82) is 0 Å². The van der Waals surface area contributed by atoms with E-state index in [1.165, 1.54) is 0 Å². The van der Waals surface area contributed by atoms with Crippen LogP contribution in [0.25, 0.3) is 0 Å². The number of hydrogen-bond donors (Lipinski definition) is 1. The summed E-state index contributed by atoms with van der Waals surface area (Å²) in [6, 6.07) is 9.69. The van der Waals surface area contributed by atoms with Crippen LogP contribution in [0.2, 0.25) is 0 Å². The van der Waals surface area contributed by atoms with Crippen molar-refractivity contribution in [2.24, 2.45) is 0 Å². The first kappa shape index (κ1) is 14.4. The van der Waals surface area contributed by atoms with Gasteiger partial charge in [-0.3, -0.25) is 10.3 Å². The number of rotatable bonds is 2. The van der Waals surface area contributed by atoms with Crippen molar-refractivity contribution in [3.05, 3.63) is 46.6 Å². The summed E-state index contributed by atoms with van der Waals surface area (Å²) in [7, 11) is 0. The molecule has 1 spiro atoms. The molecule has 1 N–H and O–H groups in total. The van der Waals surface area contributed by atoms with Gasteiger partial charge in [0.25, 0.3) is 0 Å². The van der Waals surface area contributed by atoms with Crippen molar-refractivity contribution in [3.8, 4) is 0 Å². The van der Waals surface area contributed by atoms with Crippen LogP contribution in [0.5, 0.6) is 0 Å². The van der Waals surface area contributed by atoms with Crippen molar-refractivity contribution in [2.45, 2.75) is 25.0 Å². The highest BCUT2D eigenvalue weighted by atomic mass is 79.9. The average Bonchev–Trinajstić information content (AvgIpc) is 2.87. The van der Waals surface area contributed by atoms with E-state index in [9.17, 15) is 4.79 Å². The first-order chi connectivity index (χ1) is 10.2. The van der Waals surface area contributed by atoms with Crippen LogP contribution in [-0.2, 0) is 16.2 Å². The predicted octanol–water partition coefficient (Wildman–Crippen LogP) is 2.93. The summed E-state index contributed by atoms with van der Waals surface area (Å²) in [5.41, 5.74) is 3.51. The second-order valence-electron chi connectivity index (χ2n) is 5.29. The minimum absolute atomic E-state index is 0.261. The molecule has 2 aliphatic heterocycles. The number of carbonyl (C=O) groups excluding carboxylic acids is 1. The maximum absolute atomic E-state index is 12.1. The lowest BCUT2D eigenvalue weighted by atomic mass is 9.92. The smallest absolute Gasteiger partial charge is 0.410 e. The summed E-state index contributed by atoms with van der Waals surface area (Å²) >= 11 is 3.36. The third-order valence-electron chi connectivity index (χ3n) is 3.81. The molecule has 1 fully saturated rings. The van der Waals surface area contributed by atoms with E-state index in [2.05, 4.69) is 21.4 Å². The van der Waals surface area contributed by atoms with Crippen LogP contribution >= 0.6 is 15.9 Å². The van der Waals surface area contributed by atoms with Crippen LogP contribution in [0.4, 0.5) is 4.79 Å². The van der Waals surface area contributed by atoms with E-state index in [1.807, 2.05) is 36.4 Å². The zero-order valence-electron chi connectivity index (χ0n) is 11.5. The predicted molar refractivity (Wildman–Crippen MR) is 81.4 cm³/mol. The molecule has 3 rings (SSSR count). The fourth-order valence-electron chi connectivity index (χ4n) is 2.57. The van der Waals surface area contributed by atoms with E-state index < -0.39 is 0 Å². The number of carbonyl (C=O) groups is 1. The normalized spacial score (nSPS) is 20.0. The van der Waals surface area contributed by atoms with Crippen molar-refractivity contribution < 1.29 is 14.4 Å². The molecule has 0 saturated carbocycles. The molecule has 5 nitrogen and oxygen atoms in total. The van der Waals surface area contributed by atoms with Crippen molar-refractivity contribution in [3.63, 3.8) is 0 Å². The Morgan fingerprint density at radius 3 is 2.67 bits per heavy atom. The van der Waals surface area contributed by atoms with E-state index in [-0.39, 0.29) is 11.7 Å². The topological polar surface area (TPSA) is 50.8 Å². The van der Waals surface area contributed by atoms with Crippen LogP contribution < -0.4 is 5.48 Å². The number of amides is 1. The average molecular weight is 353 g/mol. The van der Waals surface area contributed by atoms with Crippen molar-refractivity contribution >= 4 is 22.0 Å². The number of benzene rings is 1. The van der Waals surface area contributed by atoms with Gasteiger partial charge in [0, 0.05) is 25.9 Å². The molecule has 112 valence electrons. The standard InChI is InChI=1S/C15H17BrN2O3/c16-13-10-15(21-17-13)6-8-18(9-7-15)14(19)20-11-12-4-2-1-3-5-12/h1-5,10,17H,6-9,11H2. The van der Waals surface area contributed by atoms with Crippen LogP contribution in [0.15, 0.2) is 41.0 Å². The Labute approximate surface area is 132 Å². The van der Waals surface area contributed by atoms with Crippen LogP contribution in [0.1, 0.15) is 18.4 Å². The third-order valence-corrected chi connectivity index (χ3v) is 4.21. The van der Waals surface area contributed by atoms with Crippen molar-refractivity contribution in [2.75, 3.05) is 13.1 Å². The van der Waals surface area contributed by atoms with Crippen LogP contribution in [0.3, 0.4) is 0 Å². The molecule has 0 aliphatic carbocycles. The Morgan fingerprint density at radius 2 is 2.05 bits per heavy atom. The Morgan fingerprint density at radius 1 is 1.33 bits per heavy atom. The second-order valence-corrected chi connectivity index (χ2v) is 6.14. The monoisotopic (exact) mass is 352 g/mol. The van der Waals surface area contributed by atoms with Gasteiger partial charge < -0.3 is 9.64 Å². The number of piperidine rings is 1. The fraction of sp³-hybridized carbons (Fsp3) is 0.400. The molecule has 0 unspecified atom stereocenters. The fourth-order valence-corrected chi connectivity index (χ4v) is 3.06. The molecule has 1 aromatic rings. The molecule has 0 atom stereocenters. The number of nitrogens with zero attached hydrogens (tertiary/aromatic N) is 1. The van der Waals surface area contributed by atoms with Gasteiger partial charge in [-0.15, -0.1) is 0 Å². The molecule has 0 bridgehead atoms. The molecule has 1 aromatic carbocycles. The van der Waals surface area contributed by atoms with Gasteiger partial charge in [-0.25, -0.2) is 4.79 Å². The summed E-state index contributed by atoms with van der Waals surface area (Å²) < 4.78 is 6.20. The highest BCUT2D eigenvalue weighted by molar-refractivity contribution is 9.11. The lowest BCUT2D eigenvalue weighted by Gasteiger charge is -2.35. The molecule has 6 heteroatoms. The minimum Gasteiger partial charge on any atom is -0.445 e. The summed E-state index contributed by atoms with van der Waals surface area (Å²) in [4.78, 5) is 19.4. The van der Waals surface area contributed by atoms with E-state index in [1.54, 1.807) is 4.90 Å². The Kier molecular flexibility index (Phi) is 4.17. The van der Waals surface area contributed by atoms with Crippen molar-refractivity contribution in [1.82, 2.24) is 10.4 Å². The van der Waals surface area contributed by atoms with E-state index in [0.717, 1.165) is 23.0 Å². The number of likely N-dealkylation sites (tertiary alicyclic amines) is 1. The van der Waals surface area contributed by atoms with Gasteiger partial charge in [0.1, 0.15) is 16.8 Å². The van der Waals surface area contributed by atoms with Gasteiger partial charge in [0.2, 0.25) is 0 Å². The number of halogens is 1. The molecular formula is C15H17BrN2O3. The Balaban J connectivity index is 1.49. The summed E-state index contributed by atoms with van der Waals surface area (Å²) in [6.45, 7) is 1.57. The van der Waals surface area contributed by atoms with Crippen LogP contribution in [-0.4, -0.2) is 29.7 Å². The lowest BCUT2D eigenvalue weighted by molar-refractivity contribution is -0.0701. The Bertz CT molecular complexity index is 539. The van der Waals surface area contributed by atoms with E-state index >= 15 is 0 Å². The maximum atomic E-state index is 12.1. The summed E-state index contributed by atoms with van der Waals surface area (Å²) in [5.74, 6) is 0. The van der Waals surface area contributed by atoms with Gasteiger partial charge in [-0.05, 0) is 27.6 Å². The zero-order chi connectivity index (χ0) is 14.7. The largest absolute Gasteiger partial charge is 0.445 e. The van der Waals surface area contributed by atoms with Gasteiger partial charge in [0.05, 0.1) is 0 Å². The van der Waals surface area contributed by atoms with E-state index in [0.29, 0.717) is 19.7 Å². The van der Waals surface area contributed by atoms with Gasteiger partial charge >= 0.3 is 6.09 Å². The Hall–Kier alpha value is -1.53. The third kappa shape index (κ3) is 3.39. The molecule has 1 amide bonds. The van der Waals surface area contributed by atoms with Gasteiger partial charge in [0.15, 0.2) is 0 Å². The first-order valence-corrected chi connectivity index (χ1v) is 7.74. The molecule has 1 saturated heterocycles. The number of hydroxylamine groups is 1. The first-order valence-electron chi connectivity index (χ1n) is 6.95. The number of nitrogens with one attached hydrogen (secondary N) is 1. The van der Waals surface area contributed by atoms with Gasteiger partial charge in [-0.2, -0.15) is 0 Å². The SMILES string of the molecule is O=C(OCc1ccccc1)N1CCC2(C=C(Br)NO2)CC1. The lowest BCUT2D eigenvalue weighted by Crippen LogP contribution is -2.46. The summed E-state index contributed by atoms with van der Waals surface area (Å²) in [5, 5.41) is 0. The zero-order valence-corrected chi connectivity index (χ0v) is 13.1. The maximum Gasteiger partial charge on any atom is 0.410 e. The molecule has 0 radical (unpaired) electrons. The second kappa shape index (κ2) is 6.07. The highest BCUT2D eigenvalue weighted by Gasteiger charge is 2.39. The molecule has 2 aliphatic rings. The molecule has 2 heterocycles. The van der Waals surface area contributed by atoms with Crippen LogP contribution in [0, 0.1) is 0 Å². The molecule has 0 aromatic heterocycles. The molecule has 21 heavy (non-hydrogen) atoms. The van der Waals surface area contributed by atoms with Gasteiger partial charge in [-0.1, -0.05) is 30.3 Å². The number of ether oxygens (including phenoxy) is 1. The molecular weight excluding hydrogens is 336 g/mol. The number of hydrogen-bond acceptors (Lipinski definition) is 4. The summed E-state index contributed by atoms with van der Waals surface area (Å²) in [6.07, 6.45) is 3.28. The highest BCUT2D eigenvalue weighted by Crippen LogP contribution is 2.33.